The molecule has 3 aromatic rings. The van der Waals surface area contributed by atoms with Crippen molar-refractivity contribution in [3.63, 3.8) is 0 Å². The van der Waals surface area contributed by atoms with E-state index in [0.29, 0.717) is 29.6 Å². The number of hydrogen-bond donors (Lipinski definition) is 1. The third kappa shape index (κ3) is 4.17. The van der Waals surface area contributed by atoms with Crippen LogP contribution in [0.4, 0.5) is 0 Å². The van der Waals surface area contributed by atoms with Crippen LogP contribution in [0.3, 0.4) is 0 Å². The summed E-state index contributed by atoms with van der Waals surface area (Å²) in [6, 6.07) is 16.3. The minimum atomic E-state index is -0.688. The van der Waals surface area contributed by atoms with E-state index in [1.54, 1.807) is 30.5 Å². The number of nitrogens with one attached hydrogen (secondary N) is 1. The van der Waals surface area contributed by atoms with Crippen LogP contribution in [0, 0.1) is 0 Å². The van der Waals surface area contributed by atoms with E-state index in [0.717, 1.165) is 5.69 Å². The lowest BCUT2D eigenvalue weighted by Crippen LogP contribution is -2.45. The fourth-order valence-electron chi connectivity index (χ4n) is 2.64. The SMILES string of the molecule is O=C(NCCOc1ccc(-c2ccccn2)nn1)[C@H]1COc2ccccc2O1. The van der Waals surface area contributed by atoms with Crippen LogP contribution < -0.4 is 19.5 Å². The van der Waals surface area contributed by atoms with Gasteiger partial charge >= 0.3 is 0 Å². The number of carbonyl (C=O) groups is 1. The Morgan fingerprint density at radius 2 is 1.89 bits per heavy atom. The van der Waals surface area contributed by atoms with Gasteiger partial charge < -0.3 is 19.5 Å². The number of para-hydroxylation sites is 2. The van der Waals surface area contributed by atoms with Gasteiger partial charge in [0.2, 0.25) is 12.0 Å². The Morgan fingerprint density at radius 3 is 2.68 bits per heavy atom. The summed E-state index contributed by atoms with van der Waals surface area (Å²) in [4.78, 5) is 16.4. The number of ether oxygens (including phenoxy) is 3. The van der Waals surface area contributed by atoms with Crippen molar-refractivity contribution in [2.24, 2.45) is 0 Å². The highest BCUT2D eigenvalue weighted by Crippen LogP contribution is 2.30. The normalized spacial score (nSPS) is 14.9. The van der Waals surface area contributed by atoms with Crippen molar-refractivity contribution in [1.82, 2.24) is 20.5 Å². The zero-order valence-corrected chi connectivity index (χ0v) is 14.9. The first kappa shape index (κ1) is 17.7. The molecule has 0 spiro atoms. The molecule has 1 N–H and O–H groups in total. The highest BCUT2D eigenvalue weighted by atomic mass is 16.6. The first-order chi connectivity index (χ1) is 13.8. The monoisotopic (exact) mass is 378 g/mol. The molecule has 1 aliphatic heterocycles. The predicted molar refractivity (Wildman–Crippen MR) is 100 cm³/mol. The van der Waals surface area contributed by atoms with Crippen LogP contribution >= 0.6 is 0 Å². The molecule has 0 saturated heterocycles. The number of carbonyl (C=O) groups excluding carboxylic acids is 1. The average molecular weight is 378 g/mol. The van der Waals surface area contributed by atoms with Crippen LogP contribution in [0.25, 0.3) is 11.4 Å². The standard InChI is InChI=1S/C20H18N4O4/c25-20(18-13-27-16-6-1-2-7-17(16)28-18)22-11-12-26-19-9-8-15(23-24-19)14-5-3-4-10-21-14/h1-10,18H,11-13H2,(H,22,25)/t18-/m1/s1. The van der Waals surface area contributed by atoms with Crippen molar-refractivity contribution in [1.29, 1.82) is 0 Å². The number of fused-ring (bicyclic) bond motifs is 1. The van der Waals surface area contributed by atoms with Gasteiger partial charge in [-0.2, -0.15) is 0 Å². The number of benzene rings is 1. The summed E-state index contributed by atoms with van der Waals surface area (Å²) in [5.74, 6) is 1.32. The Balaban J connectivity index is 1.22. The van der Waals surface area contributed by atoms with Crippen molar-refractivity contribution in [3.05, 3.63) is 60.8 Å². The molecule has 142 valence electrons. The van der Waals surface area contributed by atoms with Gasteiger partial charge in [-0.1, -0.05) is 18.2 Å². The maximum absolute atomic E-state index is 12.2. The molecule has 1 aliphatic rings. The van der Waals surface area contributed by atoms with Gasteiger partial charge in [-0.05, 0) is 30.3 Å². The lowest BCUT2D eigenvalue weighted by molar-refractivity contribution is -0.130. The number of amides is 1. The van der Waals surface area contributed by atoms with Crippen LogP contribution in [0.1, 0.15) is 0 Å². The van der Waals surface area contributed by atoms with E-state index in [2.05, 4.69) is 20.5 Å². The van der Waals surface area contributed by atoms with E-state index >= 15 is 0 Å². The molecule has 0 unspecified atom stereocenters. The molecule has 0 bridgehead atoms. The van der Waals surface area contributed by atoms with Crippen LogP contribution in [0.2, 0.25) is 0 Å². The molecular formula is C20H18N4O4. The first-order valence-corrected chi connectivity index (χ1v) is 8.84. The lowest BCUT2D eigenvalue weighted by Gasteiger charge is -2.25. The third-order valence-corrected chi connectivity index (χ3v) is 4.02. The molecule has 2 aromatic heterocycles. The van der Waals surface area contributed by atoms with Gasteiger partial charge in [0.25, 0.3) is 5.91 Å². The van der Waals surface area contributed by atoms with Crippen molar-refractivity contribution >= 4 is 5.91 Å². The Morgan fingerprint density at radius 1 is 1.04 bits per heavy atom. The molecule has 4 rings (SSSR count). The first-order valence-electron chi connectivity index (χ1n) is 8.84. The molecule has 8 heteroatoms. The molecule has 1 atom stereocenters. The van der Waals surface area contributed by atoms with Gasteiger partial charge in [0.05, 0.1) is 12.2 Å². The number of aromatic nitrogens is 3. The second kappa shape index (κ2) is 8.34. The fraction of sp³-hybridized carbons (Fsp3) is 0.200. The topological polar surface area (TPSA) is 95.5 Å². The summed E-state index contributed by atoms with van der Waals surface area (Å²) < 4.78 is 16.7. The third-order valence-electron chi connectivity index (χ3n) is 4.02. The largest absolute Gasteiger partial charge is 0.485 e. The maximum atomic E-state index is 12.2. The second-order valence-corrected chi connectivity index (χ2v) is 5.98. The molecule has 1 aromatic carbocycles. The summed E-state index contributed by atoms with van der Waals surface area (Å²) in [5.41, 5.74) is 1.40. The molecule has 8 nitrogen and oxygen atoms in total. The number of nitrogens with zero attached hydrogens (tertiary/aromatic N) is 3. The second-order valence-electron chi connectivity index (χ2n) is 5.98. The molecule has 3 heterocycles. The predicted octanol–water partition coefficient (Wildman–Crippen LogP) is 1.87. The van der Waals surface area contributed by atoms with Gasteiger partial charge in [-0.25, -0.2) is 0 Å². The van der Waals surface area contributed by atoms with Crippen LogP contribution in [-0.2, 0) is 4.79 Å². The van der Waals surface area contributed by atoms with E-state index in [-0.39, 0.29) is 19.1 Å². The number of rotatable bonds is 6. The fourth-order valence-corrected chi connectivity index (χ4v) is 2.64. The van der Waals surface area contributed by atoms with Crippen LogP contribution in [0.15, 0.2) is 60.8 Å². The Kier molecular flexibility index (Phi) is 5.28. The van der Waals surface area contributed by atoms with Crippen molar-refractivity contribution in [2.45, 2.75) is 6.10 Å². The highest BCUT2D eigenvalue weighted by molar-refractivity contribution is 5.81. The van der Waals surface area contributed by atoms with Crippen molar-refractivity contribution < 1.29 is 19.0 Å². The van der Waals surface area contributed by atoms with Crippen molar-refractivity contribution in [3.8, 4) is 28.8 Å². The summed E-state index contributed by atoms with van der Waals surface area (Å²) in [7, 11) is 0. The maximum Gasteiger partial charge on any atom is 0.264 e. The van der Waals surface area contributed by atoms with Gasteiger partial charge in [-0.3, -0.25) is 9.78 Å². The van der Waals surface area contributed by atoms with E-state index in [4.69, 9.17) is 14.2 Å². The van der Waals surface area contributed by atoms with Crippen LogP contribution in [-0.4, -0.2) is 47.0 Å². The Bertz CT molecular complexity index is 934. The highest BCUT2D eigenvalue weighted by Gasteiger charge is 2.26. The molecule has 0 aliphatic carbocycles. The van der Waals surface area contributed by atoms with E-state index in [1.165, 1.54) is 0 Å². The summed E-state index contributed by atoms with van der Waals surface area (Å²) >= 11 is 0. The number of hydrogen-bond acceptors (Lipinski definition) is 7. The summed E-state index contributed by atoms with van der Waals surface area (Å²) in [6.45, 7) is 0.738. The smallest absolute Gasteiger partial charge is 0.264 e. The zero-order chi connectivity index (χ0) is 19.2. The molecule has 0 fully saturated rings. The molecular weight excluding hydrogens is 360 g/mol. The minimum absolute atomic E-state index is 0.171. The Labute approximate surface area is 161 Å². The Hall–Kier alpha value is -3.68. The summed E-state index contributed by atoms with van der Waals surface area (Å²) in [6.07, 6.45) is 1.01. The number of pyridine rings is 1. The summed E-state index contributed by atoms with van der Waals surface area (Å²) in [5, 5.41) is 10.9. The van der Waals surface area contributed by atoms with E-state index < -0.39 is 6.10 Å². The van der Waals surface area contributed by atoms with Gasteiger partial charge in [0.15, 0.2) is 11.5 Å². The van der Waals surface area contributed by atoms with Crippen LogP contribution in [0.5, 0.6) is 17.4 Å². The minimum Gasteiger partial charge on any atom is -0.485 e. The average Bonchev–Trinajstić information content (AvgIpc) is 2.77. The molecule has 0 radical (unpaired) electrons. The van der Waals surface area contributed by atoms with E-state index in [1.807, 2.05) is 30.3 Å². The van der Waals surface area contributed by atoms with E-state index in [9.17, 15) is 4.79 Å². The zero-order valence-electron chi connectivity index (χ0n) is 14.9. The van der Waals surface area contributed by atoms with Gasteiger partial charge in [0.1, 0.15) is 18.9 Å². The van der Waals surface area contributed by atoms with Gasteiger partial charge in [0, 0.05) is 12.3 Å². The quantitative estimate of drug-likeness (QED) is 0.654. The lowest BCUT2D eigenvalue weighted by atomic mass is 10.2. The molecule has 0 saturated carbocycles. The van der Waals surface area contributed by atoms with Gasteiger partial charge in [-0.15, -0.1) is 10.2 Å². The van der Waals surface area contributed by atoms with Crippen molar-refractivity contribution in [2.75, 3.05) is 19.8 Å². The molecule has 28 heavy (non-hydrogen) atoms. The molecule has 1 amide bonds.